The SMILES string of the molecule is CC1CCCCN1C(=O)c1cncc(N)c1. The average Bonchev–Trinajstić information content (AvgIpc) is 2.29. The fourth-order valence-corrected chi connectivity index (χ4v) is 2.14. The number of nitrogens with zero attached hydrogens (tertiary/aromatic N) is 2. The number of piperidine rings is 1. The summed E-state index contributed by atoms with van der Waals surface area (Å²) in [5.74, 6) is 0.0481. The molecule has 1 saturated heterocycles. The smallest absolute Gasteiger partial charge is 0.255 e. The molecule has 1 aliphatic rings. The normalized spacial score (nSPS) is 20.8. The molecule has 0 saturated carbocycles. The molecule has 1 aromatic heterocycles. The van der Waals surface area contributed by atoms with E-state index in [1.807, 2.05) is 4.90 Å². The summed E-state index contributed by atoms with van der Waals surface area (Å²) in [5.41, 5.74) is 6.76. The van der Waals surface area contributed by atoms with Crippen molar-refractivity contribution < 1.29 is 4.79 Å². The highest BCUT2D eigenvalue weighted by Crippen LogP contribution is 2.19. The quantitative estimate of drug-likeness (QED) is 0.781. The van der Waals surface area contributed by atoms with Crippen molar-refractivity contribution in [1.29, 1.82) is 0 Å². The lowest BCUT2D eigenvalue weighted by Gasteiger charge is -2.33. The highest BCUT2D eigenvalue weighted by molar-refractivity contribution is 5.94. The Morgan fingerprint density at radius 1 is 1.50 bits per heavy atom. The maximum Gasteiger partial charge on any atom is 0.255 e. The van der Waals surface area contributed by atoms with E-state index < -0.39 is 0 Å². The van der Waals surface area contributed by atoms with Gasteiger partial charge in [-0.2, -0.15) is 0 Å². The Hall–Kier alpha value is -1.58. The van der Waals surface area contributed by atoms with Crippen LogP contribution in [0.15, 0.2) is 18.5 Å². The third kappa shape index (κ3) is 2.15. The predicted molar refractivity (Wildman–Crippen MR) is 63.0 cm³/mol. The number of anilines is 1. The van der Waals surface area contributed by atoms with E-state index in [9.17, 15) is 4.79 Å². The summed E-state index contributed by atoms with van der Waals surface area (Å²) < 4.78 is 0. The van der Waals surface area contributed by atoms with Crippen LogP contribution in [-0.2, 0) is 0 Å². The molecule has 4 heteroatoms. The van der Waals surface area contributed by atoms with E-state index in [-0.39, 0.29) is 5.91 Å². The van der Waals surface area contributed by atoms with Gasteiger partial charge in [0.1, 0.15) is 0 Å². The van der Waals surface area contributed by atoms with Crippen LogP contribution in [0.1, 0.15) is 36.5 Å². The van der Waals surface area contributed by atoms with Gasteiger partial charge in [0.15, 0.2) is 0 Å². The Morgan fingerprint density at radius 2 is 2.31 bits per heavy atom. The van der Waals surface area contributed by atoms with Gasteiger partial charge in [-0.25, -0.2) is 0 Å². The Balaban J connectivity index is 2.17. The zero-order valence-electron chi connectivity index (χ0n) is 9.52. The predicted octanol–water partition coefficient (Wildman–Crippen LogP) is 1.68. The Labute approximate surface area is 95.5 Å². The number of amides is 1. The molecule has 1 fully saturated rings. The molecule has 0 aliphatic carbocycles. The number of carbonyl (C=O) groups excluding carboxylic acids is 1. The molecule has 1 atom stereocenters. The van der Waals surface area contributed by atoms with Crippen molar-refractivity contribution in [2.24, 2.45) is 0 Å². The monoisotopic (exact) mass is 219 g/mol. The highest BCUT2D eigenvalue weighted by Gasteiger charge is 2.24. The van der Waals surface area contributed by atoms with Crippen molar-refractivity contribution in [1.82, 2.24) is 9.88 Å². The van der Waals surface area contributed by atoms with E-state index in [0.717, 1.165) is 19.4 Å². The lowest BCUT2D eigenvalue weighted by Crippen LogP contribution is -2.42. The molecule has 2 heterocycles. The fraction of sp³-hybridized carbons (Fsp3) is 0.500. The second-order valence-corrected chi connectivity index (χ2v) is 4.35. The standard InChI is InChI=1S/C12H17N3O/c1-9-4-2-3-5-15(9)12(16)10-6-11(13)8-14-7-10/h6-9H,2-5,13H2,1H3. The van der Waals surface area contributed by atoms with Crippen LogP contribution in [0, 0.1) is 0 Å². The van der Waals surface area contributed by atoms with Crippen LogP contribution in [0.3, 0.4) is 0 Å². The highest BCUT2D eigenvalue weighted by atomic mass is 16.2. The van der Waals surface area contributed by atoms with Gasteiger partial charge in [0.05, 0.1) is 11.3 Å². The van der Waals surface area contributed by atoms with Crippen molar-refractivity contribution >= 4 is 11.6 Å². The molecule has 1 amide bonds. The summed E-state index contributed by atoms with van der Waals surface area (Å²) in [4.78, 5) is 18.1. The molecule has 1 unspecified atom stereocenters. The van der Waals surface area contributed by atoms with Crippen molar-refractivity contribution in [3.8, 4) is 0 Å². The van der Waals surface area contributed by atoms with Crippen LogP contribution in [-0.4, -0.2) is 28.4 Å². The van der Waals surface area contributed by atoms with Crippen molar-refractivity contribution in [2.45, 2.75) is 32.2 Å². The Kier molecular flexibility index (Phi) is 3.08. The summed E-state index contributed by atoms with van der Waals surface area (Å²) in [5, 5.41) is 0. The summed E-state index contributed by atoms with van der Waals surface area (Å²) in [6.07, 6.45) is 6.52. The number of rotatable bonds is 1. The maximum atomic E-state index is 12.2. The first kappa shape index (κ1) is 10.9. The van der Waals surface area contributed by atoms with E-state index in [0.29, 0.717) is 17.3 Å². The topological polar surface area (TPSA) is 59.2 Å². The minimum Gasteiger partial charge on any atom is -0.397 e. The number of hydrogen-bond acceptors (Lipinski definition) is 3. The molecule has 1 aromatic rings. The van der Waals surface area contributed by atoms with Crippen LogP contribution in [0.25, 0.3) is 0 Å². The molecule has 0 aromatic carbocycles. The number of aromatic nitrogens is 1. The summed E-state index contributed by atoms with van der Waals surface area (Å²) in [7, 11) is 0. The average molecular weight is 219 g/mol. The third-order valence-electron chi connectivity index (χ3n) is 3.07. The zero-order chi connectivity index (χ0) is 11.5. The van der Waals surface area contributed by atoms with Gasteiger partial charge in [-0.1, -0.05) is 0 Å². The van der Waals surface area contributed by atoms with Crippen LogP contribution >= 0.6 is 0 Å². The van der Waals surface area contributed by atoms with Gasteiger partial charge in [0.25, 0.3) is 5.91 Å². The number of carbonyl (C=O) groups is 1. The van der Waals surface area contributed by atoms with E-state index in [1.54, 1.807) is 18.5 Å². The fourth-order valence-electron chi connectivity index (χ4n) is 2.14. The summed E-state index contributed by atoms with van der Waals surface area (Å²) in [6, 6.07) is 2.01. The summed E-state index contributed by atoms with van der Waals surface area (Å²) in [6.45, 7) is 2.94. The van der Waals surface area contributed by atoms with Gasteiger partial charge < -0.3 is 10.6 Å². The molecule has 0 radical (unpaired) electrons. The zero-order valence-corrected chi connectivity index (χ0v) is 9.52. The van der Waals surface area contributed by atoms with E-state index in [2.05, 4.69) is 11.9 Å². The first-order valence-corrected chi connectivity index (χ1v) is 5.70. The number of nitrogen functional groups attached to an aromatic ring is 1. The molecule has 0 bridgehead atoms. The second kappa shape index (κ2) is 4.51. The lowest BCUT2D eigenvalue weighted by atomic mass is 10.0. The Morgan fingerprint density at radius 3 is 3.00 bits per heavy atom. The number of hydrogen-bond donors (Lipinski definition) is 1. The molecule has 2 rings (SSSR count). The molecule has 0 spiro atoms. The van der Waals surface area contributed by atoms with Crippen molar-refractivity contribution in [3.05, 3.63) is 24.0 Å². The molecule has 16 heavy (non-hydrogen) atoms. The van der Waals surface area contributed by atoms with Gasteiger partial charge in [-0.15, -0.1) is 0 Å². The lowest BCUT2D eigenvalue weighted by molar-refractivity contribution is 0.0635. The first-order valence-electron chi connectivity index (χ1n) is 5.70. The second-order valence-electron chi connectivity index (χ2n) is 4.35. The van der Waals surface area contributed by atoms with Crippen molar-refractivity contribution in [2.75, 3.05) is 12.3 Å². The molecule has 4 nitrogen and oxygen atoms in total. The molecule has 86 valence electrons. The largest absolute Gasteiger partial charge is 0.397 e. The van der Waals surface area contributed by atoms with Gasteiger partial charge in [0, 0.05) is 25.0 Å². The van der Waals surface area contributed by atoms with Gasteiger partial charge in [-0.05, 0) is 32.3 Å². The first-order chi connectivity index (χ1) is 7.68. The molecular weight excluding hydrogens is 202 g/mol. The minimum absolute atomic E-state index is 0.0481. The Bertz CT molecular complexity index is 392. The van der Waals surface area contributed by atoms with E-state index in [1.165, 1.54) is 6.42 Å². The third-order valence-corrected chi connectivity index (χ3v) is 3.07. The summed E-state index contributed by atoms with van der Waals surface area (Å²) >= 11 is 0. The van der Waals surface area contributed by atoms with E-state index >= 15 is 0 Å². The van der Waals surface area contributed by atoms with Gasteiger partial charge >= 0.3 is 0 Å². The van der Waals surface area contributed by atoms with Crippen LogP contribution in [0.5, 0.6) is 0 Å². The van der Waals surface area contributed by atoms with Crippen molar-refractivity contribution in [3.63, 3.8) is 0 Å². The molecular formula is C12H17N3O. The number of pyridine rings is 1. The molecule has 1 aliphatic heterocycles. The van der Waals surface area contributed by atoms with Crippen LogP contribution < -0.4 is 5.73 Å². The number of likely N-dealkylation sites (tertiary alicyclic amines) is 1. The molecule has 2 N–H and O–H groups in total. The van der Waals surface area contributed by atoms with Crippen LogP contribution in [0.4, 0.5) is 5.69 Å². The van der Waals surface area contributed by atoms with Gasteiger partial charge in [-0.3, -0.25) is 9.78 Å². The van der Waals surface area contributed by atoms with Crippen LogP contribution in [0.2, 0.25) is 0 Å². The maximum absolute atomic E-state index is 12.2. The number of nitrogens with two attached hydrogens (primary N) is 1. The van der Waals surface area contributed by atoms with E-state index in [4.69, 9.17) is 5.73 Å². The van der Waals surface area contributed by atoms with Gasteiger partial charge in [0.2, 0.25) is 0 Å². The minimum atomic E-state index is 0.0481.